The molecule has 0 saturated carbocycles. The maximum Gasteiger partial charge on any atom is 0.180 e. The number of fused-ring (bicyclic) bond motifs is 1. The molecule has 0 spiro atoms. The van der Waals surface area contributed by atoms with Gasteiger partial charge in [-0.1, -0.05) is 12.5 Å². The van der Waals surface area contributed by atoms with Crippen LogP contribution in [0.5, 0.6) is 11.5 Å². The van der Waals surface area contributed by atoms with Crippen molar-refractivity contribution in [2.45, 2.75) is 30.2 Å². The molecule has 5 nitrogen and oxygen atoms in total. The molecule has 1 atom stereocenters. The number of sulfone groups is 1. The quantitative estimate of drug-likeness (QED) is 0.899. The molecule has 2 aliphatic rings. The van der Waals surface area contributed by atoms with E-state index in [1.165, 1.54) is 6.26 Å². The van der Waals surface area contributed by atoms with E-state index in [0.717, 1.165) is 31.4 Å². The fraction of sp³-hybridized carbons (Fsp3) is 0.571. The van der Waals surface area contributed by atoms with Crippen LogP contribution >= 0.6 is 0 Å². The second kappa shape index (κ2) is 5.26. The van der Waals surface area contributed by atoms with Crippen molar-refractivity contribution in [1.29, 1.82) is 0 Å². The minimum Gasteiger partial charge on any atom is -0.486 e. The molecule has 1 aromatic carbocycles. The number of rotatable bonds is 2. The van der Waals surface area contributed by atoms with E-state index in [0.29, 0.717) is 24.7 Å². The van der Waals surface area contributed by atoms with Gasteiger partial charge in [0.25, 0.3) is 0 Å². The fourth-order valence-electron chi connectivity index (χ4n) is 2.88. The molecular weight excluding hydrogens is 278 g/mol. The van der Waals surface area contributed by atoms with Crippen LogP contribution in [0.3, 0.4) is 0 Å². The lowest BCUT2D eigenvalue weighted by molar-refractivity contribution is 0.166. The van der Waals surface area contributed by atoms with Crippen LogP contribution in [0.4, 0.5) is 0 Å². The van der Waals surface area contributed by atoms with Crippen molar-refractivity contribution in [3.63, 3.8) is 0 Å². The van der Waals surface area contributed by atoms with E-state index >= 15 is 0 Å². The highest BCUT2D eigenvalue weighted by atomic mass is 32.2. The van der Waals surface area contributed by atoms with E-state index in [-0.39, 0.29) is 10.9 Å². The van der Waals surface area contributed by atoms with E-state index in [9.17, 15) is 8.42 Å². The molecular formula is C14H19NO4S. The SMILES string of the molecule is CS(=O)(=O)c1c(C2CCCCN2)ccc2c1OCCO2. The highest BCUT2D eigenvalue weighted by molar-refractivity contribution is 7.90. The zero-order valence-electron chi connectivity index (χ0n) is 11.5. The van der Waals surface area contributed by atoms with Crippen molar-refractivity contribution in [3.05, 3.63) is 17.7 Å². The second-order valence-electron chi connectivity index (χ2n) is 5.28. The third-order valence-electron chi connectivity index (χ3n) is 3.75. The summed E-state index contributed by atoms with van der Waals surface area (Å²) in [5.74, 6) is 0.903. The van der Waals surface area contributed by atoms with Gasteiger partial charge >= 0.3 is 0 Å². The van der Waals surface area contributed by atoms with Crippen LogP contribution in [-0.2, 0) is 9.84 Å². The van der Waals surface area contributed by atoms with Crippen LogP contribution in [0.2, 0.25) is 0 Å². The number of piperidine rings is 1. The Morgan fingerprint density at radius 1 is 1.20 bits per heavy atom. The van der Waals surface area contributed by atoms with Gasteiger partial charge in [0.15, 0.2) is 21.3 Å². The van der Waals surface area contributed by atoms with Crippen LogP contribution in [0.1, 0.15) is 30.9 Å². The zero-order valence-corrected chi connectivity index (χ0v) is 12.3. The van der Waals surface area contributed by atoms with E-state index in [1.54, 1.807) is 0 Å². The van der Waals surface area contributed by atoms with Crippen molar-refractivity contribution in [3.8, 4) is 11.5 Å². The molecule has 1 unspecified atom stereocenters. The number of hydrogen-bond acceptors (Lipinski definition) is 5. The lowest BCUT2D eigenvalue weighted by Crippen LogP contribution is -2.28. The van der Waals surface area contributed by atoms with Gasteiger partial charge < -0.3 is 14.8 Å². The molecule has 0 bridgehead atoms. The molecule has 0 amide bonds. The van der Waals surface area contributed by atoms with Crippen molar-refractivity contribution >= 4 is 9.84 Å². The van der Waals surface area contributed by atoms with Gasteiger partial charge in [-0.2, -0.15) is 0 Å². The number of hydrogen-bond donors (Lipinski definition) is 1. The van der Waals surface area contributed by atoms with Crippen LogP contribution in [0.15, 0.2) is 17.0 Å². The van der Waals surface area contributed by atoms with Gasteiger partial charge in [-0.05, 0) is 31.0 Å². The van der Waals surface area contributed by atoms with Crippen molar-refractivity contribution < 1.29 is 17.9 Å². The molecule has 0 radical (unpaired) electrons. The molecule has 6 heteroatoms. The lowest BCUT2D eigenvalue weighted by atomic mass is 9.97. The fourth-order valence-corrected chi connectivity index (χ4v) is 4.01. The third kappa shape index (κ3) is 2.50. The Morgan fingerprint density at radius 2 is 2.00 bits per heavy atom. The maximum absolute atomic E-state index is 12.2. The molecule has 1 fully saturated rings. The molecule has 2 heterocycles. The van der Waals surface area contributed by atoms with Gasteiger partial charge in [-0.15, -0.1) is 0 Å². The first-order valence-electron chi connectivity index (χ1n) is 6.93. The maximum atomic E-state index is 12.2. The Bertz CT molecular complexity index is 606. The normalized spacial score (nSPS) is 22.6. The Hall–Kier alpha value is -1.27. The topological polar surface area (TPSA) is 64.6 Å². The van der Waals surface area contributed by atoms with Gasteiger partial charge in [-0.3, -0.25) is 0 Å². The Morgan fingerprint density at radius 3 is 2.70 bits per heavy atom. The predicted molar refractivity (Wildman–Crippen MR) is 75.1 cm³/mol. The Kier molecular flexibility index (Phi) is 3.60. The average Bonchev–Trinajstić information content (AvgIpc) is 2.46. The van der Waals surface area contributed by atoms with Crippen LogP contribution < -0.4 is 14.8 Å². The summed E-state index contributed by atoms with van der Waals surface area (Å²) in [7, 11) is -3.37. The highest BCUT2D eigenvalue weighted by Gasteiger charge is 2.29. The lowest BCUT2D eigenvalue weighted by Gasteiger charge is -2.28. The Balaban J connectivity index is 2.14. The van der Waals surface area contributed by atoms with Gasteiger partial charge in [-0.25, -0.2) is 8.42 Å². The molecule has 1 N–H and O–H groups in total. The summed E-state index contributed by atoms with van der Waals surface area (Å²) in [6.07, 6.45) is 4.42. The van der Waals surface area contributed by atoms with Gasteiger partial charge in [0.2, 0.25) is 0 Å². The first-order valence-corrected chi connectivity index (χ1v) is 8.82. The first-order chi connectivity index (χ1) is 9.57. The van der Waals surface area contributed by atoms with E-state index in [1.807, 2.05) is 12.1 Å². The predicted octanol–water partition coefficient (Wildman–Crippen LogP) is 1.68. The monoisotopic (exact) mass is 297 g/mol. The van der Waals surface area contributed by atoms with E-state index < -0.39 is 9.84 Å². The summed E-state index contributed by atoms with van der Waals surface area (Å²) in [6, 6.07) is 3.74. The largest absolute Gasteiger partial charge is 0.486 e. The summed E-state index contributed by atoms with van der Waals surface area (Å²) in [6.45, 7) is 1.76. The summed E-state index contributed by atoms with van der Waals surface area (Å²) in [4.78, 5) is 0.286. The van der Waals surface area contributed by atoms with Crippen LogP contribution in [0, 0.1) is 0 Å². The summed E-state index contributed by atoms with van der Waals surface area (Å²) < 4.78 is 35.5. The van der Waals surface area contributed by atoms with Gasteiger partial charge in [0.05, 0.1) is 0 Å². The minimum atomic E-state index is -3.37. The molecule has 1 saturated heterocycles. The van der Waals surface area contributed by atoms with Crippen LogP contribution in [-0.4, -0.2) is 34.4 Å². The smallest absolute Gasteiger partial charge is 0.180 e. The molecule has 3 rings (SSSR count). The number of nitrogens with one attached hydrogen (secondary N) is 1. The summed E-state index contributed by atoms with van der Waals surface area (Å²) in [5.41, 5.74) is 0.802. The summed E-state index contributed by atoms with van der Waals surface area (Å²) >= 11 is 0. The van der Waals surface area contributed by atoms with Gasteiger partial charge in [0, 0.05) is 12.3 Å². The van der Waals surface area contributed by atoms with E-state index in [4.69, 9.17) is 9.47 Å². The average molecular weight is 297 g/mol. The third-order valence-corrected chi connectivity index (χ3v) is 4.91. The number of benzene rings is 1. The molecule has 110 valence electrons. The first kappa shape index (κ1) is 13.7. The standard InChI is InChI=1S/C14H19NO4S/c1-20(16,17)14-10(11-4-2-3-7-15-11)5-6-12-13(14)19-9-8-18-12/h5-6,11,15H,2-4,7-9H2,1H3. The molecule has 2 aliphatic heterocycles. The number of ether oxygens (including phenoxy) is 2. The van der Waals surface area contributed by atoms with Crippen molar-refractivity contribution in [2.75, 3.05) is 26.0 Å². The van der Waals surface area contributed by atoms with Gasteiger partial charge in [0.1, 0.15) is 18.1 Å². The summed E-state index contributed by atoms with van der Waals surface area (Å²) in [5, 5.41) is 3.39. The molecule has 20 heavy (non-hydrogen) atoms. The molecule has 0 aliphatic carbocycles. The molecule has 1 aromatic rings. The van der Waals surface area contributed by atoms with Crippen LogP contribution in [0.25, 0.3) is 0 Å². The zero-order chi connectivity index (χ0) is 14.2. The second-order valence-corrected chi connectivity index (χ2v) is 7.24. The Labute approximate surface area is 119 Å². The molecule has 0 aromatic heterocycles. The highest BCUT2D eigenvalue weighted by Crippen LogP contribution is 2.42. The van der Waals surface area contributed by atoms with Crippen molar-refractivity contribution in [1.82, 2.24) is 5.32 Å². The minimum absolute atomic E-state index is 0.0734. The van der Waals surface area contributed by atoms with Crippen molar-refractivity contribution in [2.24, 2.45) is 0 Å². The van der Waals surface area contributed by atoms with E-state index in [2.05, 4.69) is 5.32 Å².